The third kappa shape index (κ3) is 22.2. The first-order chi connectivity index (χ1) is 40.0. The molecule has 0 radical (unpaired) electrons. The van der Waals surface area contributed by atoms with E-state index in [2.05, 4.69) is 0 Å². The molecule has 3 rings (SSSR count). The van der Waals surface area contributed by atoms with Gasteiger partial charge in [0.15, 0.2) is 15.2 Å². The van der Waals surface area contributed by atoms with Crippen molar-refractivity contribution in [1.29, 1.82) is 0 Å². The smallest absolute Gasteiger partial charge is 0.313 e. The Balaban J connectivity index is 2.08. The van der Waals surface area contributed by atoms with Gasteiger partial charge in [-0.05, 0) is 164 Å². The molecule has 0 aliphatic rings. The number of phenols is 3. The maximum Gasteiger partial charge on any atom is 0.313 e. The molecule has 87 heavy (non-hydrogen) atoms. The number of aromatic hydroxyl groups is 3. The molecule has 3 aromatic rings. The van der Waals surface area contributed by atoms with Crippen molar-refractivity contribution in [1.82, 2.24) is 0 Å². The van der Waals surface area contributed by atoms with Crippen molar-refractivity contribution in [2.24, 2.45) is 5.41 Å². The van der Waals surface area contributed by atoms with Gasteiger partial charge in [0, 0.05) is 19.3 Å². The predicted molar refractivity (Wildman–Crippen MR) is 365 cm³/mol. The van der Waals surface area contributed by atoms with Crippen LogP contribution in [0.4, 0.5) is 0 Å². The monoisotopic (exact) mass is 1260 g/mol. The molecule has 0 bridgehead atoms. The molecular formula is C72H110O12S3. The molecule has 0 saturated heterocycles. The Labute approximate surface area is 540 Å². The van der Waals surface area contributed by atoms with Gasteiger partial charge in [-0.25, -0.2) is 0 Å². The van der Waals surface area contributed by atoms with Gasteiger partial charge in [0.2, 0.25) is 0 Å². The first-order valence-electron chi connectivity index (χ1n) is 31.6. The zero-order valence-corrected chi connectivity index (χ0v) is 59.7. The van der Waals surface area contributed by atoms with Gasteiger partial charge in [0.1, 0.15) is 37.1 Å². The highest BCUT2D eigenvalue weighted by Crippen LogP contribution is 2.46. The summed E-state index contributed by atoms with van der Waals surface area (Å²) in [4.78, 5) is 42.1. The third-order valence-corrected chi connectivity index (χ3v) is 16.9. The average Bonchev–Trinajstić information content (AvgIpc) is 1.23. The second-order valence-corrected chi connectivity index (χ2v) is 31.4. The second-order valence-electron chi connectivity index (χ2n) is 30.0. The van der Waals surface area contributed by atoms with Crippen LogP contribution in [0.3, 0.4) is 0 Å². The first-order valence-corrected chi connectivity index (χ1v) is 32.8. The van der Waals surface area contributed by atoms with Gasteiger partial charge in [-0.2, -0.15) is 0 Å². The van der Waals surface area contributed by atoms with E-state index in [-0.39, 0.29) is 128 Å². The van der Waals surface area contributed by atoms with Crippen molar-refractivity contribution >= 4 is 69.7 Å². The Morgan fingerprint density at radius 1 is 0.368 bits per heavy atom. The Hall–Kier alpha value is -4.86. The van der Waals surface area contributed by atoms with Gasteiger partial charge in [-0.3, -0.25) is 14.4 Å². The molecule has 0 aromatic heterocycles. The lowest BCUT2D eigenvalue weighted by Crippen LogP contribution is -2.38. The second kappa shape index (κ2) is 31.7. The van der Waals surface area contributed by atoms with Crippen LogP contribution >= 0.6 is 36.7 Å². The van der Waals surface area contributed by atoms with Crippen LogP contribution in [0.1, 0.15) is 284 Å². The van der Waals surface area contributed by atoms with E-state index in [4.69, 9.17) is 65.1 Å². The number of thiocarbonyl (C=S) groups is 3. The summed E-state index contributed by atoms with van der Waals surface area (Å²) < 4.78 is 37.0. The number of carbonyl (C=O) groups excluding carboxylic acids is 3. The molecule has 3 aromatic carbocycles. The van der Waals surface area contributed by atoms with E-state index in [9.17, 15) is 29.7 Å². The first kappa shape index (κ1) is 76.4. The van der Waals surface area contributed by atoms with Crippen molar-refractivity contribution in [2.45, 2.75) is 267 Å². The minimum atomic E-state index is -0.906. The fourth-order valence-electron chi connectivity index (χ4n) is 10.3. The number of carbonyl (C=O) groups is 3. The minimum Gasteiger partial charge on any atom is -0.507 e. The predicted octanol–water partition coefficient (Wildman–Crippen LogP) is 17.9. The number of esters is 3. The number of hydrogen-bond acceptors (Lipinski definition) is 15. The summed E-state index contributed by atoms with van der Waals surface area (Å²) in [6.45, 7) is 45.3. The molecule has 0 aliphatic carbocycles. The summed E-state index contributed by atoms with van der Waals surface area (Å²) in [6, 6.07) is 11.5. The van der Waals surface area contributed by atoms with Crippen LogP contribution in [-0.2, 0) is 75.3 Å². The lowest BCUT2D eigenvalue weighted by Gasteiger charge is -2.33. The van der Waals surface area contributed by atoms with Crippen molar-refractivity contribution in [3.63, 3.8) is 0 Å². The normalized spacial score (nSPS) is 14.3. The molecule has 3 atom stereocenters. The highest BCUT2D eigenvalue weighted by molar-refractivity contribution is 7.80. The zero-order chi connectivity index (χ0) is 66.4. The molecule has 0 aliphatic heterocycles. The van der Waals surface area contributed by atoms with Crippen LogP contribution in [0, 0.1) is 5.41 Å². The van der Waals surface area contributed by atoms with Crippen molar-refractivity contribution in [3.8, 4) is 17.2 Å². The van der Waals surface area contributed by atoms with Gasteiger partial charge in [-0.15, -0.1) is 0 Å². The van der Waals surface area contributed by atoms with Crippen LogP contribution in [0.25, 0.3) is 0 Å². The largest absolute Gasteiger partial charge is 0.507 e. The van der Waals surface area contributed by atoms with Crippen molar-refractivity contribution in [3.05, 3.63) is 86.5 Å². The number of rotatable bonds is 28. The Morgan fingerprint density at radius 2 is 0.563 bits per heavy atom. The van der Waals surface area contributed by atoms with Crippen LogP contribution < -0.4 is 0 Å². The van der Waals surface area contributed by atoms with Crippen LogP contribution in [0.2, 0.25) is 0 Å². The maximum atomic E-state index is 14.0. The van der Waals surface area contributed by atoms with Gasteiger partial charge in [0.05, 0.1) is 43.0 Å². The standard InChI is InChI=1S/C72H110O12S3/c1-23-33-79-63(76)48(45-36-51(66(5,6)7)60(73)52(37-45)67(8,9)10)27-30-57(85)82-42-72(26-4,43-83-58(86)31-28-49(64(77)80-34-24-2)46-38-53(68(11,12)13)61(74)54(39-46)69(14,15)16)44-84-59(87)32-29-50(65(78)81-35-25-3)47-40-55(70(17,18)19)62(75)56(41-47)71(20,21)22/h36-41,48-50,73-75H,23-35,42-44H2,1-22H3. The molecule has 15 heteroatoms. The van der Waals surface area contributed by atoms with Gasteiger partial charge in [0.25, 0.3) is 0 Å². The minimum absolute atomic E-state index is 0.0232. The number of benzene rings is 3. The van der Waals surface area contributed by atoms with E-state index in [1.54, 1.807) is 0 Å². The molecule has 0 fully saturated rings. The Kier molecular flexibility index (Phi) is 27.9. The van der Waals surface area contributed by atoms with E-state index in [0.29, 0.717) is 25.7 Å². The van der Waals surface area contributed by atoms with Crippen LogP contribution in [0.5, 0.6) is 17.2 Å². The SMILES string of the molecule is CCCOC(=O)C(CCC(=S)OCC(CC)(COC(=S)CCC(C(=O)OCCC)c1cc(C(C)(C)C)c(O)c(C(C)(C)C)c1)COC(=S)CCC(C(=O)OCCC)c1cc(C(C)(C)C)c(O)c(C(C)(C)C)c1)c1cc(C(C)(C)C)c(O)c(C(C)(C)C)c1. The molecule has 3 unspecified atom stereocenters. The van der Waals surface area contributed by atoms with Gasteiger partial charge in [-0.1, -0.05) is 189 Å². The van der Waals surface area contributed by atoms with E-state index in [1.165, 1.54) is 0 Å². The summed E-state index contributed by atoms with van der Waals surface area (Å²) in [5.74, 6) is -2.67. The van der Waals surface area contributed by atoms with Gasteiger partial charge < -0.3 is 43.7 Å². The average molecular weight is 1260 g/mol. The number of hydrogen-bond donors (Lipinski definition) is 3. The fraction of sp³-hybridized carbons (Fsp3) is 0.667. The number of ether oxygens (including phenoxy) is 6. The molecule has 3 N–H and O–H groups in total. The third-order valence-electron chi connectivity index (χ3n) is 15.9. The molecular weight excluding hydrogens is 1150 g/mol. The lowest BCUT2D eigenvalue weighted by atomic mass is 9.76. The number of phenolic OH excluding ortho intramolecular Hbond substituents is 3. The highest BCUT2D eigenvalue weighted by Gasteiger charge is 2.38. The molecule has 0 spiro atoms. The van der Waals surface area contributed by atoms with Crippen molar-refractivity contribution < 1.29 is 58.1 Å². The topological polar surface area (TPSA) is 167 Å². The molecule has 12 nitrogen and oxygen atoms in total. The van der Waals surface area contributed by atoms with Crippen LogP contribution in [-0.4, -0.2) is 88.0 Å². The maximum absolute atomic E-state index is 14.0. The summed E-state index contributed by atoms with van der Waals surface area (Å²) in [5.41, 5.74) is 3.06. The van der Waals surface area contributed by atoms with Crippen LogP contribution in [0.15, 0.2) is 36.4 Å². The summed E-state index contributed by atoms with van der Waals surface area (Å²) in [6.07, 6.45) is 3.88. The Bertz CT molecular complexity index is 2440. The summed E-state index contributed by atoms with van der Waals surface area (Å²) >= 11 is 18.0. The summed E-state index contributed by atoms with van der Waals surface area (Å²) in [7, 11) is 0. The van der Waals surface area contributed by atoms with Crippen molar-refractivity contribution in [2.75, 3.05) is 39.6 Å². The van der Waals surface area contributed by atoms with E-state index < -0.39 is 55.7 Å². The molecule has 488 valence electrons. The van der Waals surface area contributed by atoms with Gasteiger partial charge >= 0.3 is 17.9 Å². The summed E-state index contributed by atoms with van der Waals surface area (Å²) in [5, 5.41) is 35.6. The van der Waals surface area contributed by atoms with E-state index >= 15 is 0 Å². The van der Waals surface area contributed by atoms with E-state index in [1.807, 2.05) is 189 Å². The quantitative estimate of drug-likeness (QED) is 0.0357. The zero-order valence-electron chi connectivity index (χ0n) is 57.3. The highest BCUT2D eigenvalue weighted by atomic mass is 32.1. The Morgan fingerprint density at radius 3 is 0.724 bits per heavy atom. The lowest BCUT2D eigenvalue weighted by molar-refractivity contribution is -0.146. The molecule has 0 heterocycles. The molecule has 0 saturated carbocycles. The molecule has 0 amide bonds. The fourth-order valence-corrected chi connectivity index (χ4v) is 10.8. The van der Waals surface area contributed by atoms with E-state index in [0.717, 1.165) is 50.1 Å².